The van der Waals surface area contributed by atoms with Crippen LogP contribution in [0.5, 0.6) is 0 Å². The highest BCUT2D eigenvalue weighted by atomic mass is 16.3. The van der Waals surface area contributed by atoms with Crippen LogP contribution in [-0.2, 0) is 11.3 Å². The van der Waals surface area contributed by atoms with Gasteiger partial charge in [0, 0.05) is 5.92 Å². The minimum Gasteiger partial charge on any atom is -0.467 e. The van der Waals surface area contributed by atoms with E-state index in [1.165, 1.54) is 0 Å². The van der Waals surface area contributed by atoms with Crippen LogP contribution in [0, 0.1) is 11.8 Å². The maximum Gasteiger partial charge on any atom is 0.220 e. The number of nitrogens with zero attached hydrogens (tertiary/aromatic N) is 5. The summed E-state index contributed by atoms with van der Waals surface area (Å²) in [5.41, 5.74) is 5.46. The fourth-order valence-corrected chi connectivity index (χ4v) is 3.47. The standard InChI is InChI=1S/C17H26N6O2/c1-12(2)10-15(22-7-5-13(6-8-22)16(18)24)17-19-20-21-23(17)11-14-4-3-9-25-14/h3-4,9,12-13,15H,5-8,10-11H2,1-2H3,(H2,18,24)/t15-/m0/s1. The molecule has 1 atom stereocenters. The average molecular weight is 346 g/mol. The number of aromatic nitrogens is 4. The maximum atomic E-state index is 11.4. The molecular weight excluding hydrogens is 320 g/mol. The van der Waals surface area contributed by atoms with Gasteiger partial charge in [0.05, 0.1) is 12.3 Å². The molecule has 2 N–H and O–H groups in total. The third kappa shape index (κ3) is 4.25. The summed E-state index contributed by atoms with van der Waals surface area (Å²) in [5.74, 6) is 1.97. The molecule has 1 aliphatic rings. The van der Waals surface area contributed by atoms with Gasteiger partial charge in [0.25, 0.3) is 0 Å². The van der Waals surface area contributed by atoms with Crippen molar-refractivity contribution in [2.75, 3.05) is 13.1 Å². The molecule has 1 amide bonds. The van der Waals surface area contributed by atoms with Gasteiger partial charge in [-0.15, -0.1) is 5.10 Å². The predicted octanol–water partition coefficient (Wildman–Crippen LogP) is 1.60. The highest BCUT2D eigenvalue weighted by Gasteiger charge is 2.31. The number of likely N-dealkylation sites (tertiary alicyclic amines) is 1. The van der Waals surface area contributed by atoms with E-state index in [0.717, 1.165) is 43.9 Å². The van der Waals surface area contributed by atoms with Crippen molar-refractivity contribution in [2.24, 2.45) is 17.6 Å². The molecule has 8 nitrogen and oxygen atoms in total. The van der Waals surface area contributed by atoms with Crippen LogP contribution in [0.3, 0.4) is 0 Å². The van der Waals surface area contributed by atoms with Gasteiger partial charge in [0.1, 0.15) is 12.3 Å². The van der Waals surface area contributed by atoms with Crippen molar-refractivity contribution in [1.29, 1.82) is 0 Å². The predicted molar refractivity (Wildman–Crippen MR) is 91.3 cm³/mol. The van der Waals surface area contributed by atoms with E-state index >= 15 is 0 Å². The molecular formula is C17H26N6O2. The summed E-state index contributed by atoms with van der Waals surface area (Å²) in [4.78, 5) is 13.8. The van der Waals surface area contributed by atoms with Crippen LogP contribution in [0.2, 0.25) is 0 Å². The minimum absolute atomic E-state index is 0.0185. The monoisotopic (exact) mass is 346 g/mol. The van der Waals surface area contributed by atoms with Crippen molar-refractivity contribution in [3.63, 3.8) is 0 Å². The molecule has 1 aliphatic heterocycles. The van der Waals surface area contributed by atoms with E-state index in [2.05, 4.69) is 34.3 Å². The quantitative estimate of drug-likeness (QED) is 0.817. The van der Waals surface area contributed by atoms with Crippen molar-refractivity contribution < 1.29 is 9.21 Å². The van der Waals surface area contributed by atoms with Crippen LogP contribution >= 0.6 is 0 Å². The molecule has 0 radical (unpaired) electrons. The molecule has 1 fully saturated rings. The number of amides is 1. The smallest absolute Gasteiger partial charge is 0.220 e. The molecule has 0 aromatic carbocycles. The van der Waals surface area contributed by atoms with Crippen molar-refractivity contribution in [3.05, 3.63) is 30.0 Å². The Bertz CT molecular complexity index is 673. The van der Waals surface area contributed by atoms with Gasteiger partial charge in [0.2, 0.25) is 5.91 Å². The third-order valence-electron chi connectivity index (χ3n) is 4.81. The van der Waals surface area contributed by atoms with Crippen LogP contribution in [0.4, 0.5) is 0 Å². The third-order valence-corrected chi connectivity index (χ3v) is 4.81. The number of hydrogen-bond acceptors (Lipinski definition) is 6. The van der Waals surface area contributed by atoms with Crippen molar-refractivity contribution in [3.8, 4) is 0 Å². The van der Waals surface area contributed by atoms with Crippen LogP contribution in [0.25, 0.3) is 0 Å². The number of primary amides is 1. The Balaban J connectivity index is 1.77. The molecule has 3 rings (SSSR count). The first-order valence-corrected chi connectivity index (χ1v) is 8.86. The lowest BCUT2D eigenvalue weighted by Gasteiger charge is -2.36. The largest absolute Gasteiger partial charge is 0.467 e. The number of furan rings is 1. The Morgan fingerprint density at radius 3 is 2.76 bits per heavy atom. The Morgan fingerprint density at radius 1 is 1.40 bits per heavy atom. The second-order valence-corrected chi connectivity index (χ2v) is 7.13. The zero-order valence-corrected chi connectivity index (χ0v) is 14.8. The van der Waals surface area contributed by atoms with Gasteiger partial charge >= 0.3 is 0 Å². The molecule has 0 spiro atoms. The van der Waals surface area contributed by atoms with Crippen LogP contribution in [-0.4, -0.2) is 44.1 Å². The molecule has 0 bridgehead atoms. The maximum absolute atomic E-state index is 11.4. The van der Waals surface area contributed by atoms with E-state index < -0.39 is 0 Å². The van der Waals surface area contributed by atoms with Gasteiger partial charge in [-0.3, -0.25) is 9.69 Å². The number of rotatable bonds is 7. The zero-order chi connectivity index (χ0) is 17.8. The van der Waals surface area contributed by atoms with Crippen molar-refractivity contribution in [1.82, 2.24) is 25.1 Å². The average Bonchev–Trinajstić information content (AvgIpc) is 3.25. The van der Waals surface area contributed by atoms with E-state index in [0.29, 0.717) is 12.5 Å². The Kier molecular flexibility index (Phi) is 5.47. The molecule has 3 heterocycles. The van der Waals surface area contributed by atoms with E-state index in [1.54, 1.807) is 6.26 Å². The molecule has 25 heavy (non-hydrogen) atoms. The molecule has 2 aromatic heterocycles. The summed E-state index contributed by atoms with van der Waals surface area (Å²) in [5, 5.41) is 12.3. The first kappa shape index (κ1) is 17.6. The molecule has 2 aromatic rings. The van der Waals surface area contributed by atoms with Gasteiger partial charge in [-0.1, -0.05) is 13.8 Å². The van der Waals surface area contributed by atoms with Crippen LogP contribution in [0.1, 0.15) is 50.7 Å². The normalized spacial score (nSPS) is 17.9. The van der Waals surface area contributed by atoms with Crippen molar-refractivity contribution in [2.45, 2.75) is 45.7 Å². The van der Waals surface area contributed by atoms with Gasteiger partial charge in [-0.2, -0.15) is 0 Å². The molecule has 0 saturated carbocycles. The minimum atomic E-state index is -0.192. The summed E-state index contributed by atoms with van der Waals surface area (Å²) >= 11 is 0. The fraction of sp³-hybridized carbons (Fsp3) is 0.647. The summed E-state index contributed by atoms with van der Waals surface area (Å²) in [6, 6.07) is 3.90. The molecule has 8 heteroatoms. The lowest BCUT2D eigenvalue weighted by atomic mass is 9.93. The number of carbonyl (C=O) groups is 1. The van der Waals surface area contributed by atoms with Gasteiger partial charge < -0.3 is 10.2 Å². The molecule has 0 aliphatic carbocycles. The Morgan fingerprint density at radius 2 is 2.16 bits per heavy atom. The summed E-state index contributed by atoms with van der Waals surface area (Å²) in [6.45, 7) is 6.58. The van der Waals surface area contributed by atoms with Gasteiger partial charge in [-0.05, 0) is 60.8 Å². The Labute approximate surface area is 147 Å². The van der Waals surface area contributed by atoms with E-state index in [-0.39, 0.29) is 17.9 Å². The van der Waals surface area contributed by atoms with Gasteiger partial charge in [-0.25, -0.2) is 4.68 Å². The summed E-state index contributed by atoms with van der Waals surface area (Å²) in [7, 11) is 0. The summed E-state index contributed by atoms with van der Waals surface area (Å²) in [6.07, 6.45) is 4.20. The van der Waals surface area contributed by atoms with Gasteiger partial charge in [0.15, 0.2) is 5.82 Å². The number of tetrazole rings is 1. The molecule has 1 saturated heterocycles. The van der Waals surface area contributed by atoms with E-state index in [1.807, 2.05) is 16.8 Å². The second kappa shape index (κ2) is 7.77. The first-order valence-electron chi connectivity index (χ1n) is 8.86. The van der Waals surface area contributed by atoms with E-state index in [4.69, 9.17) is 10.2 Å². The van der Waals surface area contributed by atoms with E-state index in [9.17, 15) is 4.79 Å². The second-order valence-electron chi connectivity index (χ2n) is 7.13. The van der Waals surface area contributed by atoms with Crippen molar-refractivity contribution >= 4 is 5.91 Å². The fourth-order valence-electron chi connectivity index (χ4n) is 3.47. The number of nitrogens with two attached hydrogens (primary N) is 1. The zero-order valence-electron chi connectivity index (χ0n) is 14.8. The first-order chi connectivity index (χ1) is 12.0. The topological polar surface area (TPSA) is 103 Å². The Hall–Kier alpha value is -2.22. The van der Waals surface area contributed by atoms with Crippen LogP contribution in [0.15, 0.2) is 22.8 Å². The molecule has 0 unspecified atom stereocenters. The lowest BCUT2D eigenvalue weighted by molar-refractivity contribution is -0.123. The highest BCUT2D eigenvalue weighted by molar-refractivity contribution is 5.76. The number of piperidine rings is 1. The van der Waals surface area contributed by atoms with Crippen LogP contribution < -0.4 is 5.73 Å². The summed E-state index contributed by atoms with van der Waals surface area (Å²) < 4.78 is 7.24. The number of carbonyl (C=O) groups excluding carboxylic acids is 1. The SMILES string of the molecule is CC(C)C[C@@H](c1nnnn1Cc1ccco1)N1CCC(C(N)=O)CC1. The number of hydrogen-bond donors (Lipinski definition) is 1. The highest BCUT2D eigenvalue weighted by Crippen LogP contribution is 2.30. The molecule has 136 valence electrons. The lowest BCUT2D eigenvalue weighted by Crippen LogP contribution is -2.41.